The van der Waals surface area contributed by atoms with Crippen molar-refractivity contribution in [1.29, 1.82) is 0 Å². The number of esters is 4. The third-order valence-corrected chi connectivity index (χ3v) is 19.9. The summed E-state index contributed by atoms with van der Waals surface area (Å²) in [5, 5.41) is 10.6. The lowest BCUT2D eigenvalue weighted by atomic mass is 10.00. The average Bonchev–Trinajstić information content (AvgIpc) is 2.55. The first-order valence-corrected chi connectivity index (χ1v) is 42.2. The minimum Gasteiger partial charge on any atom is -0.462 e. The van der Waals surface area contributed by atoms with Crippen molar-refractivity contribution >= 4 is 39.5 Å². The Morgan fingerprint density at radius 2 is 0.615 bits per heavy atom. The summed E-state index contributed by atoms with van der Waals surface area (Å²) in [6, 6.07) is 0. The van der Waals surface area contributed by atoms with Crippen molar-refractivity contribution < 1.29 is 80.2 Å². The quantitative estimate of drug-likeness (QED) is 0.0169. The van der Waals surface area contributed by atoms with E-state index in [1.807, 2.05) is 0 Å². The number of phosphoric ester groups is 2. The molecule has 19 heteroatoms. The second-order valence-corrected chi connectivity index (χ2v) is 30.9. The van der Waals surface area contributed by atoms with Crippen LogP contribution in [0.1, 0.15) is 370 Å². The van der Waals surface area contributed by atoms with Gasteiger partial charge in [-0.3, -0.25) is 37.3 Å². The van der Waals surface area contributed by atoms with Gasteiger partial charge in [-0.15, -0.1) is 0 Å². The van der Waals surface area contributed by atoms with Crippen molar-refractivity contribution in [3.63, 3.8) is 0 Å². The van der Waals surface area contributed by atoms with Crippen LogP contribution in [-0.4, -0.2) is 96.7 Å². The van der Waals surface area contributed by atoms with Crippen molar-refractivity contribution in [2.45, 2.75) is 388 Å². The van der Waals surface area contributed by atoms with Crippen molar-refractivity contribution in [2.75, 3.05) is 39.6 Å². The Morgan fingerprint density at radius 3 is 0.927 bits per heavy atom. The van der Waals surface area contributed by atoms with Gasteiger partial charge in [0, 0.05) is 25.7 Å². The van der Waals surface area contributed by atoms with Crippen molar-refractivity contribution in [1.82, 2.24) is 0 Å². The van der Waals surface area contributed by atoms with E-state index in [2.05, 4.69) is 72.8 Å². The molecule has 4 unspecified atom stereocenters. The lowest BCUT2D eigenvalue weighted by molar-refractivity contribution is -0.161. The first-order chi connectivity index (χ1) is 46.3. The predicted octanol–water partition coefficient (Wildman–Crippen LogP) is 22.1. The van der Waals surface area contributed by atoms with E-state index >= 15 is 0 Å². The van der Waals surface area contributed by atoms with Gasteiger partial charge in [-0.25, -0.2) is 9.13 Å². The van der Waals surface area contributed by atoms with E-state index in [0.717, 1.165) is 127 Å². The molecule has 0 fully saturated rings. The second-order valence-electron chi connectivity index (χ2n) is 28.0. The van der Waals surface area contributed by atoms with E-state index in [9.17, 15) is 43.2 Å². The highest BCUT2D eigenvalue weighted by Crippen LogP contribution is 2.45. The molecule has 0 aromatic carbocycles. The Hall–Kier alpha value is -2.46. The lowest BCUT2D eigenvalue weighted by Crippen LogP contribution is -2.30. The van der Waals surface area contributed by atoms with Gasteiger partial charge in [0.25, 0.3) is 0 Å². The normalized spacial score (nSPS) is 14.8. The van der Waals surface area contributed by atoms with Crippen LogP contribution in [0.15, 0.2) is 24.3 Å². The van der Waals surface area contributed by atoms with Crippen LogP contribution >= 0.6 is 15.6 Å². The fourth-order valence-corrected chi connectivity index (χ4v) is 12.8. The van der Waals surface area contributed by atoms with E-state index in [1.165, 1.54) is 161 Å². The zero-order valence-corrected chi connectivity index (χ0v) is 64.1. The van der Waals surface area contributed by atoms with Crippen LogP contribution in [0, 0.1) is 17.8 Å². The molecule has 0 spiro atoms. The fourth-order valence-electron chi connectivity index (χ4n) is 11.2. The van der Waals surface area contributed by atoms with Gasteiger partial charge in [0.05, 0.1) is 26.4 Å². The summed E-state index contributed by atoms with van der Waals surface area (Å²) in [6.07, 6.45) is 56.6. The van der Waals surface area contributed by atoms with Crippen LogP contribution in [0.2, 0.25) is 0 Å². The number of aliphatic hydroxyl groups is 1. The predicted molar refractivity (Wildman–Crippen MR) is 390 cm³/mol. The Kier molecular flexibility index (Phi) is 65.3. The molecule has 17 nitrogen and oxygen atoms in total. The third kappa shape index (κ3) is 67.4. The number of rotatable bonds is 73. The average molecular weight is 1410 g/mol. The number of ether oxygens (including phenoxy) is 4. The van der Waals surface area contributed by atoms with Crippen LogP contribution in [0.5, 0.6) is 0 Å². The number of hydrogen-bond acceptors (Lipinski definition) is 15. The summed E-state index contributed by atoms with van der Waals surface area (Å²) in [5.74, 6) is 0.115. The highest BCUT2D eigenvalue weighted by atomic mass is 31.2. The monoisotopic (exact) mass is 1410 g/mol. The number of hydrogen-bond donors (Lipinski definition) is 3. The maximum absolute atomic E-state index is 13.1. The van der Waals surface area contributed by atoms with Crippen LogP contribution < -0.4 is 0 Å². The largest absolute Gasteiger partial charge is 0.472 e. The molecule has 0 aliphatic rings. The summed E-state index contributed by atoms with van der Waals surface area (Å²) in [5.41, 5.74) is 0. The molecule has 0 rings (SSSR count). The molecule has 566 valence electrons. The topological polar surface area (TPSA) is 237 Å². The van der Waals surface area contributed by atoms with E-state index < -0.39 is 97.5 Å². The zero-order chi connectivity index (χ0) is 70.9. The third-order valence-electron chi connectivity index (χ3n) is 18.0. The SMILES string of the molecule is CCCCCC/C=C\C=C/CCCCCCCC(=O)O[C@H](COC(=O)CCCCCCCCC(C)CC)COP(=O)(O)OC[C@H](O)COP(=O)(O)OC[C@@H](COC(=O)CCCCCCCCCCCCCCCCCCCCC(C)C)OC(=O)CCCCCCCCC(C)CC. The molecule has 7 atom stereocenters. The van der Waals surface area contributed by atoms with Gasteiger partial charge in [0.1, 0.15) is 19.3 Å². The zero-order valence-electron chi connectivity index (χ0n) is 62.3. The first kappa shape index (κ1) is 93.5. The van der Waals surface area contributed by atoms with E-state index in [-0.39, 0.29) is 25.7 Å². The van der Waals surface area contributed by atoms with Crippen LogP contribution in [0.3, 0.4) is 0 Å². The van der Waals surface area contributed by atoms with Gasteiger partial charge in [-0.1, -0.05) is 317 Å². The summed E-state index contributed by atoms with van der Waals surface area (Å²) < 4.78 is 68.4. The number of aliphatic hydroxyl groups excluding tert-OH is 1. The minimum atomic E-state index is -4.96. The Labute approximate surface area is 586 Å². The molecule has 0 aliphatic carbocycles. The van der Waals surface area contributed by atoms with Crippen molar-refractivity contribution in [3.05, 3.63) is 24.3 Å². The van der Waals surface area contributed by atoms with Crippen molar-refractivity contribution in [3.8, 4) is 0 Å². The maximum atomic E-state index is 13.1. The molecule has 0 amide bonds. The second kappa shape index (κ2) is 67.1. The van der Waals surface area contributed by atoms with Gasteiger partial charge >= 0.3 is 39.5 Å². The Morgan fingerprint density at radius 1 is 0.344 bits per heavy atom. The number of unbranched alkanes of at least 4 members (excludes halogenated alkanes) is 36. The summed E-state index contributed by atoms with van der Waals surface area (Å²) in [4.78, 5) is 72.7. The summed E-state index contributed by atoms with van der Waals surface area (Å²) in [7, 11) is -9.92. The Bertz CT molecular complexity index is 1970. The number of phosphoric acid groups is 2. The molecule has 0 aliphatic heterocycles. The van der Waals surface area contributed by atoms with Gasteiger partial charge in [-0.2, -0.15) is 0 Å². The standard InChI is InChI=1S/C77H146O17P2/c1-8-11-12-13-14-15-16-17-22-27-30-33-36-46-53-60-76(81)93-72(65-88-75(80)59-52-45-39-37-42-49-56-69(6)9-2)66-91-95(83,84)89-62-71(78)63-90-96(85,86)92-67-73(94-77(82)61-54-47-40-38-43-50-57-70(7)10-3)64-87-74(79)58-51-44-35-32-29-26-24-21-19-18-20-23-25-28-31-34-41-48-55-68(4)5/h15-17,22,68-73,78H,8-14,18-21,23-67H2,1-7H3,(H,83,84)(H,85,86)/b16-15-,22-17-/t69?,70?,71-,72+,73+/m0/s1. The molecular weight excluding hydrogens is 1260 g/mol. The fraction of sp³-hybridized carbons (Fsp3) is 0.896. The minimum absolute atomic E-state index is 0.0837. The molecule has 0 heterocycles. The van der Waals surface area contributed by atoms with Gasteiger partial charge in [0.2, 0.25) is 0 Å². The van der Waals surface area contributed by atoms with E-state index in [0.29, 0.717) is 25.7 Å². The number of carbonyl (C=O) groups is 4. The molecule has 96 heavy (non-hydrogen) atoms. The number of allylic oxidation sites excluding steroid dienone is 4. The smallest absolute Gasteiger partial charge is 0.462 e. The highest BCUT2D eigenvalue weighted by molar-refractivity contribution is 7.47. The molecule has 0 saturated heterocycles. The maximum Gasteiger partial charge on any atom is 0.472 e. The highest BCUT2D eigenvalue weighted by Gasteiger charge is 2.30. The molecule has 0 aromatic rings. The molecular formula is C77H146O17P2. The lowest BCUT2D eigenvalue weighted by Gasteiger charge is -2.21. The van der Waals surface area contributed by atoms with Gasteiger partial charge in [-0.05, 0) is 69.1 Å². The summed E-state index contributed by atoms with van der Waals surface area (Å²) in [6.45, 7) is 11.8. The molecule has 0 bridgehead atoms. The van der Waals surface area contributed by atoms with Gasteiger partial charge < -0.3 is 33.8 Å². The van der Waals surface area contributed by atoms with Crippen LogP contribution in [0.25, 0.3) is 0 Å². The van der Waals surface area contributed by atoms with Crippen LogP contribution in [0.4, 0.5) is 0 Å². The first-order valence-electron chi connectivity index (χ1n) is 39.2. The van der Waals surface area contributed by atoms with E-state index in [1.54, 1.807) is 0 Å². The van der Waals surface area contributed by atoms with Crippen molar-refractivity contribution in [2.24, 2.45) is 17.8 Å². The summed E-state index contributed by atoms with van der Waals surface area (Å²) >= 11 is 0. The Balaban J connectivity index is 5.18. The molecule has 3 N–H and O–H groups in total. The molecule has 0 radical (unpaired) electrons. The molecule has 0 saturated carbocycles. The number of carbonyl (C=O) groups excluding carboxylic acids is 4. The van der Waals surface area contributed by atoms with Gasteiger partial charge in [0.15, 0.2) is 12.2 Å². The van der Waals surface area contributed by atoms with Crippen LogP contribution in [-0.2, 0) is 65.4 Å². The van der Waals surface area contributed by atoms with E-state index in [4.69, 9.17) is 37.0 Å². The molecule has 0 aromatic heterocycles.